The number of ether oxygens (including phenoxy) is 2. The third-order valence-corrected chi connectivity index (χ3v) is 5.59. The minimum Gasteiger partial charge on any atom is -0.491 e. The lowest BCUT2D eigenvalue weighted by Gasteiger charge is -2.41. The van der Waals surface area contributed by atoms with Crippen LogP contribution in [0.15, 0.2) is 24.3 Å². The summed E-state index contributed by atoms with van der Waals surface area (Å²) >= 11 is 0. The van der Waals surface area contributed by atoms with Crippen molar-refractivity contribution < 1.29 is 24.2 Å². The van der Waals surface area contributed by atoms with E-state index in [-0.39, 0.29) is 12.0 Å². The third kappa shape index (κ3) is 3.85. The second kappa shape index (κ2) is 8.08. The van der Waals surface area contributed by atoms with Crippen LogP contribution in [0.25, 0.3) is 0 Å². The van der Waals surface area contributed by atoms with Crippen LogP contribution in [0.2, 0.25) is 0 Å². The summed E-state index contributed by atoms with van der Waals surface area (Å²) in [6.45, 7) is 1.30. The molecule has 0 radical (unpaired) electrons. The van der Waals surface area contributed by atoms with Crippen LogP contribution in [0.3, 0.4) is 0 Å². The predicted molar refractivity (Wildman–Crippen MR) is 96.5 cm³/mol. The molecule has 1 aromatic carbocycles. The van der Waals surface area contributed by atoms with Crippen molar-refractivity contribution in [1.82, 2.24) is 4.90 Å². The molecule has 1 amide bonds. The van der Waals surface area contributed by atoms with Crippen molar-refractivity contribution in [3.8, 4) is 5.75 Å². The number of hydrogen-bond acceptors (Lipinski definition) is 4. The summed E-state index contributed by atoms with van der Waals surface area (Å²) in [6.07, 6.45) is 5.93. The molecule has 26 heavy (non-hydrogen) atoms. The molecule has 2 aliphatic rings. The topological polar surface area (TPSA) is 76.1 Å². The molecular weight excluding hydrogens is 334 g/mol. The average molecular weight is 361 g/mol. The first-order valence-electron chi connectivity index (χ1n) is 9.39. The van der Waals surface area contributed by atoms with Crippen LogP contribution in [0.4, 0.5) is 0 Å². The van der Waals surface area contributed by atoms with E-state index in [4.69, 9.17) is 9.47 Å². The Labute approximate surface area is 154 Å². The van der Waals surface area contributed by atoms with E-state index >= 15 is 0 Å². The molecule has 1 saturated heterocycles. The van der Waals surface area contributed by atoms with E-state index in [9.17, 15) is 14.7 Å². The minimum atomic E-state index is -1.09. The van der Waals surface area contributed by atoms with Gasteiger partial charge in [-0.05, 0) is 49.9 Å². The molecule has 6 nitrogen and oxygen atoms in total. The number of amides is 1. The molecular formula is C20H27NO5. The lowest BCUT2D eigenvalue weighted by molar-refractivity contribution is -0.151. The second-order valence-corrected chi connectivity index (χ2v) is 7.23. The summed E-state index contributed by atoms with van der Waals surface area (Å²) in [4.78, 5) is 26.1. The normalized spacial score (nSPS) is 22.0. The molecule has 0 spiro atoms. The lowest BCUT2D eigenvalue weighted by atomic mass is 9.80. The SMILES string of the molecule is CN(C(=O)c1ccc(OCC2CCCO2)cc1)C1(C(=O)O)CCCCC1. The summed E-state index contributed by atoms with van der Waals surface area (Å²) in [7, 11) is 1.60. The first-order valence-corrected chi connectivity index (χ1v) is 9.39. The van der Waals surface area contributed by atoms with Crippen molar-refractivity contribution in [2.24, 2.45) is 0 Å². The number of carbonyl (C=O) groups is 2. The van der Waals surface area contributed by atoms with Gasteiger partial charge in [-0.2, -0.15) is 0 Å². The summed E-state index contributed by atoms with van der Waals surface area (Å²) in [6, 6.07) is 6.90. The van der Waals surface area contributed by atoms with Crippen LogP contribution in [-0.4, -0.2) is 53.8 Å². The number of carbonyl (C=O) groups excluding carboxylic acids is 1. The number of aliphatic carboxylic acids is 1. The molecule has 0 aromatic heterocycles. The van der Waals surface area contributed by atoms with E-state index in [1.807, 2.05) is 0 Å². The number of carboxylic acid groups (broad SMARTS) is 1. The molecule has 1 saturated carbocycles. The van der Waals surface area contributed by atoms with Crippen molar-refractivity contribution in [3.63, 3.8) is 0 Å². The fourth-order valence-corrected chi connectivity index (χ4v) is 3.88. The summed E-state index contributed by atoms with van der Waals surface area (Å²) in [5.41, 5.74) is -0.618. The molecule has 1 heterocycles. The monoisotopic (exact) mass is 361 g/mol. The second-order valence-electron chi connectivity index (χ2n) is 7.23. The maximum atomic E-state index is 12.8. The highest BCUT2D eigenvalue weighted by Crippen LogP contribution is 2.34. The molecule has 142 valence electrons. The first kappa shape index (κ1) is 18.7. The first-order chi connectivity index (χ1) is 12.5. The van der Waals surface area contributed by atoms with Gasteiger partial charge in [0, 0.05) is 19.2 Å². The number of carboxylic acids is 1. The molecule has 1 unspecified atom stereocenters. The van der Waals surface area contributed by atoms with Gasteiger partial charge in [-0.1, -0.05) is 19.3 Å². The molecule has 1 aliphatic heterocycles. The standard InChI is InChI=1S/C20H27NO5/c1-21(20(19(23)24)11-3-2-4-12-20)18(22)15-7-9-16(10-8-15)26-14-17-6-5-13-25-17/h7-10,17H,2-6,11-14H2,1H3,(H,23,24). The smallest absolute Gasteiger partial charge is 0.329 e. The predicted octanol–water partition coefficient (Wildman–Crippen LogP) is 3.10. The van der Waals surface area contributed by atoms with E-state index in [1.165, 1.54) is 4.90 Å². The van der Waals surface area contributed by atoms with Gasteiger partial charge in [0.25, 0.3) is 5.91 Å². The van der Waals surface area contributed by atoms with Gasteiger partial charge in [0.2, 0.25) is 0 Å². The lowest BCUT2D eigenvalue weighted by Crippen LogP contribution is -2.56. The van der Waals surface area contributed by atoms with E-state index < -0.39 is 11.5 Å². The fraction of sp³-hybridized carbons (Fsp3) is 0.600. The maximum Gasteiger partial charge on any atom is 0.329 e. The number of hydrogen-bond donors (Lipinski definition) is 1. The van der Waals surface area contributed by atoms with Crippen molar-refractivity contribution in [2.45, 2.75) is 56.6 Å². The van der Waals surface area contributed by atoms with Crippen LogP contribution >= 0.6 is 0 Å². The Bertz CT molecular complexity index is 630. The zero-order valence-corrected chi connectivity index (χ0v) is 15.3. The zero-order chi connectivity index (χ0) is 18.6. The zero-order valence-electron chi connectivity index (χ0n) is 15.3. The molecule has 1 atom stereocenters. The van der Waals surface area contributed by atoms with Gasteiger partial charge in [-0.25, -0.2) is 4.79 Å². The highest BCUT2D eigenvalue weighted by molar-refractivity contribution is 5.97. The van der Waals surface area contributed by atoms with Gasteiger partial charge in [0.1, 0.15) is 17.9 Å². The molecule has 1 aromatic rings. The minimum absolute atomic E-state index is 0.143. The summed E-state index contributed by atoms with van der Waals surface area (Å²) in [5.74, 6) is -0.491. The highest BCUT2D eigenvalue weighted by Gasteiger charge is 2.45. The van der Waals surface area contributed by atoms with Crippen LogP contribution in [-0.2, 0) is 9.53 Å². The van der Waals surface area contributed by atoms with Gasteiger partial charge in [0.05, 0.1) is 6.10 Å². The molecule has 2 fully saturated rings. The molecule has 3 rings (SSSR count). The van der Waals surface area contributed by atoms with Crippen molar-refractivity contribution in [3.05, 3.63) is 29.8 Å². The largest absolute Gasteiger partial charge is 0.491 e. The van der Waals surface area contributed by atoms with Gasteiger partial charge < -0.3 is 19.5 Å². The van der Waals surface area contributed by atoms with Crippen LogP contribution in [0, 0.1) is 0 Å². The van der Waals surface area contributed by atoms with Gasteiger partial charge in [-0.15, -0.1) is 0 Å². The number of rotatable bonds is 6. The van der Waals surface area contributed by atoms with Crippen LogP contribution < -0.4 is 4.74 Å². The number of likely N-dealkylation sites (N-methyl/N-ethyl adjacent to an activating group) is 1. The van der Waals surface area contributed by atoms with E-state index in [0.717, 1.165) is 38.7 Å². The van der Waals surface area contributed by atoms with E-state index in [1.54, 1.807) is 31.3 Å². The molecule has 1 aliphatic carbocycles. The number of nitrogens with zero attached hydrogens (tertiary/aromatic N) is 1. The van der Waals surface area contributed by atoms with Gasteiger partial charge >= 0.3 is 5.97 Å². The Morgan fingerprint density at radius 3 is 2.46 bits per heavy atom. The van der Waals surface area contributed by atoms with Crippen LogP contribution in [0.5, 0.6) is 5.75 Å². The third-order valence-electron chi connectivity index (χ3n) is 5.59. The van der Waals surface area contributed by atoms with Crippen molar-refractivity contribution >= 4 is 11.9 Å². The highest BCUT2D eigenvalue weighted by atomic mass is 16.5. The Morgan fingerprint density at radius 1 is 1.19 bits per heavy atom. The fourth-order valence-electron chi connectivity index (χ4n) is 3.88. The summed E-state index contributed by atoms with van der Waals surface area (Å²) in [5, 5.41) is 9.75. The van der Waals surface area contributed by atoms with Crippen molar-refractivity contribution in [1.29, 1.82) is 0 Å². The maximum absolute atomic E-state index is 12.8. The van der Waals surface area contributed by atoms with Crippen molar-refractivity contribution in [2.75, 3.05) is 20.3 Å². The van der Waals surface area contributed by atoms with Gasteiger partial charge in [0.15, 0.2) is 0 Å². The van der Waals surface area contributed by atoms with Gasteiger partial charge in [-0.3, -0.25) is 4.79 Å². The molecule has 6 heteroatoms. The quantitative estimate of drug-likeness (QED) is 0.842. The molecule has 1 N–H and O–H groups in total. The average Bonchev–Trinajstić information content (AvgIpc) is 3.19. The Balaban J connectivity index is 1.65. The Kier molecular flexibility index (Phi) is 5.81. The Hall–Kier alpha value is -2.08. The Morgan fingerprint density at radius 2 is 1.88 bits per heavy atom. The van der Waals surface area contributed by atoms with E-state index in [2.05, 4.69) is 0 Å². The number of benzene rings is 1. The summed E-state index contributed by atoms with van der Waals surface area (Å²) < 4.78 is 11.2. The van der Waals surface area contributed by atoms with Crippen LogP contribution in [0.1, 0.15) is 55.3 Å². The molecule has 0 bridgehead atoms. The van der Waals surface area contributed by atoms with E-state index in [0.29, 0.717) is 30.8 Å².